The predicted octanol–water partition coefficient (Wildman–Crippen LogP) is 2.19. The molecule has 0 unspecified atom stereocenters. The van der Waals surface area contributed by atoms with Crippen molar-refractivity contribution in [1.82, 2.24) is 9.88 Å². The van der Waals surface area contributed by atoms with E-state index in [0.29, 0.717) is 13.0 Å². The van der Waals surface area contributed by atoms with Crippen LogP contribution in [0.2, 0.25) is 0 Å². The third-order valence-electron chi connectivity index (χ3n) is 2.83. The molecule has 1 saturated heterocycles. The number of likely N-dealkylation sites (tertiary alicyclic amines) is 1. The zero-order valence-corrected chi connectivity index (χ0v) is 9.12. The zero-order valence-electron chi connectivity index (χ0n) is 9.12. The van der Waals surface area contributed by atoms with E-state index < -0.39 is 6.17 Å². The molecule has 1 aromatic rings. The summed E-state index contributed by atoms with van der Waals surface area (Å²) in [6, 6.07) is 6.08. The smallest absolute Gasteiger partial charge is 0.114 e. The molecule has 2 heterocycles. The SMILES string of the molecule is CCc1cccc(CN2CC[C@@H](F)C2)n1. The van der Waals surface area contributed by atoms with E-state index in [0.717, 1.165) is 30.9 Å². The Hall–Kier alpha value is -0.960. The van der Waals surface area contributed by atoms with Crippen LogP contribution in [0.1, 0.15) is 24.7 Å². The number of nitrogens with zero attached hydrogens (tertiary/aromatic N) is 2. The Morgan fingerprint density at radius 3 is 2.93 bits per heavy atom. The minimum absolute atomic E-state index is 0.567. The lowest BCUT2D eigenvalue weighted by molar-refractivity contribution is 0.280. The highest BCUT2D eigenvalue weighted by Crippen LogP contribution is 2.14. The fourth-order valence-electron chi connectivity index (χ4n) is 1.97. The van der Waals surface area contributed by atoms with Crippen LogP contribution >= 0.6 is 0 Å². The van der Waals surface area contributed by atoms with Crippen LogP contribution in [0.15, 0.2) is 18.2 Å². The third kappa shape index (κ3) is 2.75. The van der Waals surface area contributed by atoms with Gasteiger partial charge in [-0.3, -0.25) is 9.88 Å². The average molecular weight is 208 g/mol. The maximum atomic E-state index is 13.0. The fourth-order valence-corrected chi connectivity index (χ4v) is 1.97. The Labute approximate surface area is 90.1 Å². The minimum Gasteiger partial charge on any atom is -0.295 e. The van der Waals surface area contributed by atoms with E-state index in [-0.39, 0.29) is 0 Å². The van der Waals surface area contributed by atoms with Crippen molar-refractivity contribution >= 4 is 0 Å². The molecule has 0 N–H and O–H groups in total. The van der Waals surface area contributed by atoms with Gasteiger partial charge in [0.05, 0.1) is 5.69 Å². The number of pyridine rings is 1. The van der Waals surface area contributed by atoms with Crippen LogP contribution < -0.4 is 0 Å². The van der Waals surface area contributed by atoms with E-state index in [1.54, 1.807) is 0 Å². The lowest BCUT2D eigenvalue weighted by Gasteiger charge is -2.14. The molecular formula is C12H17FN2. The molecule has 1 fully saturated rings. The van der Waals surface area contributed by atoms with E-state index in [1.165, 1.54) is 0 Å². The van der Waals surface area contributed by atoms with Crippen molar-refractivity contribution in [2.24, 2.45) is 0 Å². The van der Waals surface area contributed by atoms with E-state index in [2.05, 4.69) is 16.8 Å². The first-order valence-electron chi connectivity index (χ1n) is 5.59. The number of halogens is 1. The molecule has 0 aliphatic carbocycles. The molecule has 3 heteroatoms. The summed E-state index contributed by atoms with van der Waals surface area (Å²) in [5.74, 6) is 0. The largest absolute Gasteiger partial charge is 0.295 e. The highest BCUT2D eigenvalue weighted by molar-refractivity contribution is 5.11. The molecule has 1 aliphatic heterocycles. The van der Waals surface area contributed by atoms with Gasteiger partial charge in [-0.2, -0.15) is 0 Å². The number of aromatic nitrogens is 1. The van der Waals surface area contributed by atoms with Crippen LogP contribution in [-0.4, -0.2) is 29.1 Å². The van der Waals surface area contributed by atoms with Gasteiger partial charge in [0.2, 0.25) is 0 Å². The quantitative estimate of drug-likeness (QED) is 0.757. The molecule has 0 bridgehead atoms. The van der Waals surface area contributed by atoms with Gasteiger partial charge in [0, 0.05) is 25.3 Å². The second kappa shape index (κ2) is 4.71. The van der Waals surface area contributed by atoms with Crippen LogP contribution in [0.3, 0.4) is 0 Å². The Kier molecular flexibility index (Phi) is 3.31. The predicted molar refractivity (Wildman–Crippen MR) is 58.4 cm³/mol. The van der Waals surface area contributed by atoms with Crippen molar-refractivity contribution < 1.29 is 4.39 Å². The Morgan fingerprint density at radius 1 is 1.47 bits per heavy atom. The molecule has 0 amide bonds. The summed E-state index contributed by atoms with van der Waals surface area (Å²) in [6.07, 6.45) is 0.993. The maximum Gasteiger partial charge on any atom is 0.114 e. The van der Waals surface area contributed by atoms with Crippen LogP contribution in [0.5, 0.6) is 0 Å². The van der Waals surface area contributed by atoms with E-state index >= 15 is 0 Å². The molecule has 0 radical (unpaired) electrons. The van der Waals surface area contributed by atoms with E-state index in [1.807, 2.05) is 18.2 Å². The van der Waals surface area contributed by atoms with Gasteiger partial charge < -0.3 is 0 Å². The van der Waals surface area contributed by atoms with Crippen LogP contribution in [0, 0.1) is 0 Å². The molecule has 82 valence electrons. The summed E-state index contributed by atoms with van der Waals surface area (Å²) >= 11 is 0. The van der Waals surface area contributed by atoms with Gasteiger partial charge in [0.25, 0.3) is 0 Å². The summed E-state index contributed by atoms with van der Waals surface area (Å²) in [5.41, 5.74) is 2.17. The number of hydrogen-bond acceptors (Lipinski definition) is 2. The van der Waals surface area contributed by atoms with Gasteiger partial charge in [0.15, 0.2) is 0 Å². The third-order valence-corrected chi connectivity index (χ3v) is 2.83. The second-order valence-electron chi connectivity index (χ2n) is 4.09. The summed E-state index contributed by atoms with van der Waals surface area (Å²) in [4.78, 5) is 6.65. The molecule has 0 aromatic carbocycles. The number of aryl methyl sites for hydroxylation is 1. The Bertz CT molecular complexity index is 327. The average Bonchev–Trinajstić information content (AvgIpc) is 2.64. The standard InChI is InChI=1S/C12H17FN2/c1-2-11-4-3-5-12(14-11)9-15-7-6-10(13)8-15/h3-5,10H,2,6-9H2,1H3/t10-/m1/s1. The molecule has 1 atom stereocenters. The fraction of sp³-hybridized carbons (Fsp3) is 0.583. The Morgan fingerprint density at radius 2 is 2.27 bits per heavy atom. The lowest BCUT2D eigenvalue weighted by atomic mass is 10.2. The second-order valence-corrected chi connectivity index (χ2v) is 4.09. The topological polar surface area (TPSA) is 16.1 Å². The highest BCUT2D eigenvalue weighted by Gasteiger charge is 2.21. The van der Waals surface area contributed by atoms with Crippen molar-refractivity contribution in [1.29, 1.82) is 0 Å². The van der Waals surface area contributed by atoms with Gasteiger partial charge in [-0.25, -0.2) is 4.39 Å². The van der Waals surface area contributed by atoms with Crippen LogP contribution in [0.4, 0.5) is 4.39 Å². The monoisotopic (exact) mass is 208 g/mol. The lowest BCUT2D eigenvalue weighted by Crippen LogP contribution is -2.21. The normalized spacial score (nSPS) is 22.1. The molecule has 15 heavy (non-hydrogen) atoms. The van der Waals surface area contributed by atoms with Crippen molar-refractivity contribution in [2.45, 2.75) is 32.5 Å². The van der Waals surface area contributed by atoms with Crippen molar-refractivity contribution in [3.63, 3.8) is 0 Å². The van der Waals surface area contributed by atoms with Crippen molar-refractivity contribution in [2.75, 3.05) is 13.1 Å². The van der Waals surface area contributed by atoms with Gasteiger partial charge in [-0.05, 0) is 25.0 Å². The first-order chi connectivity index (χ1) is 7.28. The van der Waals surface area contributed by atoms with Crippen LogP contribution in [-0.2, 0) is 13.0 Å². The number of alkyl halides is 1. The molecule has 2 nitrogen and oxygen atoms in total. The van der Waals surface area contributed by atoms with Crippen LogP contribution in [0.25, 0.3) is 0 Å². The highest BCUT2D eigenvalue weighted by atomic mass is 19.1. The Balaban J connectivity index is 1.98. The van der Waals surface area contributed by atoms with Crippen molar-refractivity contribution in [3.8, 4) is 0 Å². The van der Waals surface area contributed by atoms with E-state index in [9.17, 15) is 4.39 Å². The summed E-state index contributed by atoms with van der Waals surface area (Å²) < 4.78 is 13.0. The molecule has 0 spiro atoms. The molecule has 2 rings (SSSR count). The van der Waals surface area contributed by atoms with Gasteiger partial charge in [0.1, 0.15) is 6.17 Å². The van der Waals surface area contributed by atoms with Crippen molar-refractivity contribution in [3.05, 3.63) is 29.6 Å². The van der Waals surface area contributed by atoms with Gasteiger partial charge in [-0.1, -0.05) is 13.0 Å². The molecular weight excluding hydrogens is 191 g/mol. The summed E-state index contributed by atoms with van der Waals surface area (Å²) in [7, 11) is 0. The first-order valence-corrected chi connectivity index (χ1v) is 5.59. The maximum absolute atomic E-state index is 13.0. The summed E-state index contributed by atoms with van der Waals surface area (Å²) in [5, 5.41) is 0. The van der Waals surface area contributed by atoms with Gasteiger partial charge >= 0.3 is 0 Å². The number of rotatable bonds is 3. The number of hydrogen-bond donors (Lipinski definition) is 0. The minimum atomic E-state index is -0.639. The van der Waals surface area contributed by atoms with Gasteiger partial charge in [-0.15, -0.1) is 0 Å². The first kappa shape index (κ1) is 10.6. The molecule has 0 saturated carbocycles. The molecule has 1 aliphatic rings. The zero-order chi connectivity index (χ0) is 10.7. The molecule has 1 aromatic heterocycles. The summed E-state index contributed by atoms with van der Waals surface area (Å²) in [6.45, 7) is 4.31. The van der Waals surface area contributed by atoms with E-state index in [4.69, 9.17) is 0 Å².